The molecule has 2 aliphatic heterocycles. The molecule has 9 nitrogen and oxygen atoms in total. The van der Waals surface area contributed by atoms with Crippen molar-refractivity contribution in [3.8, 4) is 0 Å². The highest BCUT2D eigenvalue weighted by Crippen LogP contribution is 2.24. The Kier molecular flexibility index (Phi) is 13.8. The van der Waals surface area contributed by atoms with Crippen molar-refractivity contribution in [3.05, 3.63) is 35.4 Å². The van der Waals surface area contributed by atoms with Crippen LogP contribution in [-0.2, 0) is 25.5 Å². The summed E-state index contributed by atoms with van der Waals surface area (Å²) in [5.74, 6) is -4.74. The van der Waals surface area contributed by atoms with Crippen molar-refractivity contribution >= 4 is 17.8 Å². The molecule has 0 aromatic heterocycles. The molecule has 15 heteroatoms. The number of alkyl halides is 6. The summed E-state index contributed by atoms with van der Waals surface area (Å²) in [5.41, 5.74) is 2.33. The highest BCUT2D eigenvalue weighted by atomic mass is 19.4. The first-order valence-electron chi connectivity index (χ1n) is 12.3. The maximum Gasteiger partial charge on any atom is 0.490 e. The van der Waals surface area contributed by atoms with Gasteiger partial charge in [-0.05, 0) is 33.0 Å². The molecule has 0 saturated carbocycles. The van der Waals surface area contributed by atoms with Crippen LogP contribution in [0.3, 0.4) is 0 Å². The van der Waals surface area contributed by atoms with Crippen molar-refractivity contribution in [3.63, 3.8) is 0 Å². The van der Waals surface area contributed by atoms with E-state index in [9.17, 15) is 31.1 Å². The number of benzene rings is 1. The molecule has 0 radical (unpaired) electrons. The summed E-state index contributed by atoms with van der Waals surface area (Å²) in [4.78, 5) is 37.3. The Balaban J connectivity index is 0.000000473. The molecule has 0 unspecified atom stereocenters. The quantitative estimate of drug-likeness (QED) is 0.507. The summed E-state index contributed by atoms with van der Waals surface area (Å²) in [5, 5.41) is 14.2. The van der Waals surface area contributed by atoms with Gasteiger partial charge in [-0.1, -0.05) is 29.8 Å². The van der Waals surface area contributed by atoms with E-state index in [-0.39, 0.29) is 12.0 Å². The van der Waals surface area contributed by atoms with Gasteiger partial charge in [0.05, 0.1) is 19.1 Å². The molecule has 0 aliphatic carbocycles. The summed E-state index contributed by atoms with van der Waals surface area (Å²) in [6.45, 7) is 8.72. The zero-order valence-corrected chi connectivity index (χ0v) is 22.5. The number of carbonyl (C=O) groups is 3. The topological polar surface area (TPSA) is 111 Å². The number of aliphatic carboxylic acids is 2. The van der Waals surface area contributed by atoms with Crippen molar-refractivity contribution in [2.24, 2.45) is 5.92 Å². The molecule has 3 rings (SSSR count). The van der Waals surface area contributed by atoms with Crippen molar-refractivity contribution in [2.75, 3.05) is 60.0 Å². The molecule has 2 saturated heterocycles. The first kappa shape index (κ1) is 35.1. The average Bonchev–Trinajstić information content (AvgIpc) is 3.05. The lowest BCUT2D eigenvalue weighted by Crippen LogP contribution is -2.49. The minimum atomic E-state index is -5.08. The van der Waals surface area contributed by atoms with Crippen LogP contribution in [-0.4, -0.2) is 121 Å². The van der Waals surface area contributed by atoms with E-state index < -0.39 is 24.3 Å². The minimum Gasteiger partial charge on any atom is -0.475 e. The summed E-state index contributed by atoms with van der Waals surface area (Å²) < 4.78 is 69.6. The summed E-state index contributed by atoms with van der Waals surface area (Å²) in [6.07, 6.45) is -8.44. The fourth-order valence-electron chi connectivity index (χ4n) is 3.88. The van der Waals surface area contributed by atoms with Gasteiger partial charge in [-0.15, -0.1) is 0 Å². The third-order valence-electron chi connectivity index (χ3n) is 6.11. The predicted molar refractivity (Wildman–Crippen MR) is 132 cm³/mol. The summed E-state index contributed by atoms with van der Waals surface area (Å²) >= 11 is 0. The van der Waals surface area contributed by atoms with Gasteiger partial charge in [0.1, 0.15) is 0 Å². The van der Waals surface area contributed by atoms with Crippen LogP contribution in [0.1, 0.15) is 17.5 Å². The number of likely N-dealkylation sites (tertiary alicyclic amines) is 1. The van der Waals surface area contributed by atoms with Crippen LogP contribution in [0.5, 0.6) is 0 Å². The molecule has 0 bridgehead atoms. The SMILES string of the molecule is Cc1ccc(CC(=O)N2CC[C@@H]3CN(CCN(C)C)CCO[C@@H]3C2)cc1.O=C(O)C(F)(F)F.O=C(O)C(F)(F)F. The Labute approximate surface area is 228 Å². The van der Waals surface area contributed by atoms with E-state index >= 15 is 0 Å². The van der Waals surface area contributed by atoms with E-state index in [4.69, 9.17) is 24.5 Å². The van der Waals surface area contributed by atoms with Crippen molar-refractivity contribution < 1.29 is 55.7 Å². The van der Waals surface area contributed by atoms with E-state index in [1.54, 1.807) is 0 Å². The number of halogens is 6. The molecule has 2 N–H and O–H groups in total. The molecule has 1 aromatic rings. The molecule has 2 heterocycles. The monoisotopic (exact) mass is 587 g/mol. The van der Waals surface area contributed by atoms with Crippen LogP contribution >= 0.6 is 0 Å². The Morgan fingerprint density at radius 1 is 0.950 bits per heavy atom. The van der Waals surface area contributed by atoms with Gasteiger partial charge in [-0.3, -0.25) is 9.69 Å². The molecule has 2 aliphatic rings. The van der Waals surface area contributed by atoms with Crippen LogP contribution in [0.15, 0.2) is 24.3 Å². The average molecular weight is 588 g/mol. The van der Waals surface area contributed by atoms with Crippen LogP contribution in [0.25, 0.3) is 0 Å². The number of piperidine rings is 1. The summed E-state index contributed by atoms with van der Waals surface area (Å²) in [7, 11) is 4.24. The van der Waals surface area contributed by atoms with Gasteiger partial charge >= 0.3 is 24.3 Å². The van der Waals surface area contributed by atoms with Gasteiger partial charge in [0.2, 0.25) is 5.91 Å². The number of fused-ring (bicyclic) bond motifs is 1. The normalized spacial score (nSPS) is 19.8. The van der Waals surface area contributed by atoms with E-state index in [0.717, 1.165) is 57.9 Å². The standard InChI is InChI=1S/C21H33N3O2.2C2HF3O2/c1-17-4-6-18(7-5-17)14-21(25)24-9-8-19-15-23(11-10-22(2)3)12-13-26-20(19)16-24;2*3-2(4,5)1(6)7/h4-7,19-20H,8-16H2,1-3H3;2*(H,6,7)/t19-,20-;;/m1../s1. The summed E-state index contributed by atoms with van der Waals surface area (Å²) in [6, 6.07) is 8.27. The van der Waals surface area contributed by atoms with E-state index in [2.05, 4.69) is 55.1 Å². The lowest BCUT2D eigenvalue weighted by molar-refractivity contribution is -0.193. The zero-order valence-electron chi connectivity index (χ0n) is 22.5. The van der Waals surface area contributed by atoms with Gasteiger partial charge in [0.15, 0.2) is 0 Å². The van der Waals surface area contributed by atoms with Gasteiger partial charge in [-0.2, -0.15) is 26.3 Å². The number of aryl methyl sites for hydroxylation is 1. The Morgan fingerprint density at radius 3 is 1.95 bits per heavy atom. The largest absolute Gasteiger partial charge is 0.490 e. The number of likely N-dealkylation sites (N-methyl/N-ethyl adjacent to an activating group) is 1. The molecule has 2 atom stereocenters. The number of carboxylic acids is 2. The third-order valence-corrected chi connectivity index (χ3v) is 6.11. The Morgan fingerprint density at radius 2 is 1.48 bits per heavy atom. The van der Waals surface area contributed by atoms with Crippen molar-refractivity contribution in [1.29, 1.82) is 0 Å². The molecule has 0 spiro atoms. The van der Waals surface area contributed by atoms with Crippen LogP contribution in [0.4, 0.5) is 26.3 Å². The van der Waals surface area contributed by atoms with Gasteiger partial charge in [0, 0.05) is 45.2 Å². The van der Waals surface area contributed by atoms with Crippen LogP contribution in [0.2, 0.25) is 0 Å². The molecule has 228 valence electrons. The number of nitrogens with zero attached hydrogens (tertiary/aromatic N) is 3. The number of carboxylic acid groups (broad SMARTS) is 2. The molecule has 40 heavy (non-hydrogen) atoms. The smallest absolute Gasteiger partial charge is 0.475 e. The molecule has 1 amide bonds. The lowest BCUT2D eigenvalue weighted by atomic mass is 9.93. The number of carbonyl (C=O) groups excluding carboxylic acids is 1. The Hall–Kier alpha value is -2.91. The predicted octanol–water partition coefficient (Wildman–Crippen LogP) is 2.92. The number of ether oxygens (including phenoxy) is 1. The fourth-order valence-corrected chi connectivity index (χ4v) is 3.88. The van der Waals surface area contributed by atoms with Crippen molar-refractivity contribution in [2.45, 2.75) is 38.2 Å². The number of rotatable bonds is 5. The van der Waals surface area contributed by atoms with Crippen LogP contribution in [0, 0.1) is 12.8 Å². The highest BCUT2D eigenvalue weighted by Gasteiger charge is 2.39. The second-order valence-electron chi connectivity index (χ2n) is 9.67. The number of hydrogen-bond acceptors (Lipinski definition) is 6. The van der Waals surface area contributed by atoms with Gasteiger partial charge in [-0.25, -0.2) is 9.59 Å². The molecule has 1 aromatic carbocycles. The van der Waals surface area contributed by atoms with Crippen LogP contribution < -0.4 is 0 Å². The second-order valence-corrected chi connectivity index (χ2v) is 9.67. The van der Waals surface area contributed by atoms with E-state index in [1.807, 2.05) is 4.90 Å². The zero-order chi connectivity index (χ0) is 30.7. The van der Waals surface area contributed by atoms with Gasteiger partial charge < -0.3 is 24.7 Å². The maximum atomic E-state index is 12.7. The molecular weight excluding hydrogens is 552 g/mol. The van der Waals surface area contributed by atoms with E-state index in [1.165, 1.54) is 5.56 Å². The first-order chi connectivity index (χ1) is 18.4. The molecular formula is C25H35F6N3O6. The van der Waals surface area contributed by atoms with Gasteiger partial charge in [0.25, 0.3) is 0 Å². The third kappa shape index (κ3) is 13.4. The minimum absolute atomic E-state index is 0.190. The highest BCUT2D eigenvalue weighted by molar-refractivity contribution is 5.79. The maximum absolute atomic E-state index is 12.7. The molecule has 2 fully saturated rings. The Bertz CT molecular complexity index is 932. The second kappa shape index (κ2) is 15.8. The number of hydrogen-bond donors (Lipinski definition) is 2. The first-order valence-corrected chi connectivity index (χ1v) is 12.3. The fraction of sp³-hybridized carbons (Fsp3) is 0.640. The number of amides is 1. The van der Waals surface area contributed by atoms with Crippen molar-refractivity contribution in [1.82, 2.24) is 14.7 Å². The van der Waals surface area contributed by atoms with E-state index in [0.29, 0.717) is 12.3 Å². The lowest BCUT2D eigenvalue weighted by Gasteiger charge is -2.38.